The molecule has 0 bridgehead atoms. The second-order valence-electron chi connectivity index (χ2n) is 8.00. The Balaban J connectivity index is 1.53. The number of nitrogens with one attached hydrogen (secondary N) is 1. The number of aryl methyl sites for hydroxylation is 1. The summed E-state index contributed by atoms with van der Waals surface area (Å²) in [5.74, 6) is 2.54. The molecule has 9 nitrogen and oxygen atoms in total. The van der Waals surface area contributed by atoms with Gasteiger partial charge in [0.2, 0.25) is 5.91 Å². The van der Waals surface area contributed by atoms with Crippen molar-refractivity contribution < 1.29 is 19.1 Å². The number of carbonyl (C=O) groups excluding carboxylic acids is 2. The van der Waals surface area contributed by atoms with Gasteiger partial charge >= 0.3 is 0 Å². The molecule has 2 amide bonds. The van der Waals surface area contributed by atoms with E-state index in [9.17, 15) is 9.59 Å². The van der Waals surface area contributed by atoms with Gasteiger partial charge < -0.3 is 24.6 Å². The van der Waals surface area contributed by atoms with Crippen molar-refractivity contribution in [2.75, 3.05) is 51.8 Å². The van der Waals surface area contributed by atoms with Crippen LogP contribution in [-0.2, 0) is 4.79 Å². The van der Waals surface area contributed by atoms with E-state index in [2.05, 4.69) is 34.0 Å². The number of anilines is 1. The number of ether oxygens (including phenoxy) is 2. The minimum atomic E-state index is -0.337. The maximum atomic E-state index is 12.6. The van der Waals surface area contributed by atoms with E-state index in [0.29, 0.717) is 43.2 Å². The molecule has 1 fully saturated rings. The molecule has 0 spiro atoms. The van der Waals surface area contributed by atoms with Crippen LogP contribution in [0.3, 0.4) is 0 Å². The highest BCUT2D eigenvalue weighted by Crippen LogP contribution is 2.27. The van der Waals surface area contributed by atoms with Gasteiger partial charge in [0.15, 0.2) is 11.5 Å². The molecule has 2 heterocycles. The Kier molecular flexibility index (Phi) is 7.50. The van der Waals surface area contributed by atoms with Gasteiger partial charge in [0.1, 0.15) is 11.6 Å². The summed E-state index contributed by atoms with van der Waals surface area (Å²) in [6, 6.07) is 6.86. The van der Waals surface area contributed by atoms with Crippen molar-refractivity contribution in [2.24, 2.45) is 0 Å². The van der Waals surface area contributed by atoms with Crippen LogP contribution >= 0.6 is 0 Å². The normalized spacial score (nSPS) is 13.8. The van der Waals surface area contributed by atoms with E-state index >= 15 is 0 Å². The van der Waals surface area contributed by atoms with E-state index in [0.717, 1.165) is 17.3 Å². The van der Waals surface area contributed by atoms with Crippen molar-refractivity contribution in [3.05, 3.63) is 41.3 Å². The second-order valence-corrected chi connectivity index (χ2v) is 8.00. The summed E-state index contributed by atoms with van der Waals surface area (Å²) in [4.78, 5) is 38.2. The third-order valence-electron chi connectivity index (χ3n) is 5.38. The average Bonchev–Trinajstić information content (AvgIpc) is 2.81. The van der Waals surface area contributed by atoms with Crippen molar-refractivity contribution in [3.63, 3.8) is 0 Å². The molecule has 2 aromatic rings. The van der Waals surface area contributed by atoms with Crippen molar-refractivity contribution in [2.45, 2.75) is 26.7 Å². The predicted octanol–water partition coefficient (Wildman–Crippen LogP) is 2.00. The van der Waals surface area contributed by atoms with Crippen LogP contribution in [-0.4, -0.2) is 73.6 Å². The van der Waals surface area contributed by atoms with E-state index in [1.807, 2.05) is 13.0 Å². The van der Waals surface area contributed by atoms with E-state index in [-0.39, 0.29) is 24.3 Å². The highest BCUT2D eigenvalue weighted by atomic mass is 16.5. The monoisotopic (exact) mass is 441 g/mol. The first-order valence-electron chi connectivity index (χ1n) is 10.7. The predicted molar refractivity (Wildman–Crippen MR) is 122 cm³/mol. The summed E-state index contributed by atoms with van der Waals surface area (Å²) in [5.41, 5.74) is 1.34. The van der Waals surface area contributed by atoms with Crippen LogP contribution in [0.2, 0.25) is 0 Å². The van der Waals surface area contributed by atoms with Gasteiger partial charge in [-0.25, -0.2) is 9.97 Å². The summed E-state index contributed by atoms with van der Waals surface area (Å²) in [5, 5.41) is 2.69. The van der Waals surface area contributed by atoms with Crippen LogP contribution in [0, 0.1) is 6.92 Å². The third-order valence-corrected chi connectivity index (χ3v) is 5.38. The Morgan fingerprint density at radius 3 is 2.34 bits per heavy atom. The second kappa shape index (κ2) is 10.3. The topological polar surface area (TPSA) is 96.9 Å². The van der Waals surface area contributed by atoms with Gasteiger partial charge in [0.25, 0.3) is 5.91 Å². The molecule has 0 radical (unpaired) electrons. The Labute approximate surface area is 188 Å². The Hall–Kier alpha value is -3.36. The van der Waals surface area contributed by atoms with Crippen molar-refractivity contribution in [3.8, 4) is 11.5 Å². The van der Waals surface area contributed by atoms with Crippen LogP contribution < -0.4 is 19.7 Å². The molecule has 172 valence electrons. The molecule has 1 N–H and O–H groups in total. The number of piperazine rings is 1. The minimum absolute atomic E-state index is 0.0582. The van der Waals surface area contributed by atoms with E-state index in [1.54, 1.807) is 23.1 Å². The van der Waals surface area contributed by atoms with Crippen molar-refractivity contribution in [1.82, 2.24) is 20.2 Å². The molecule has 0 atom stereocenters. The Bertz CT molecular complexity index is 971. The fourth-order valence-electron chi connectivity index (χ4n) is 3.53. The largest absolute Gasteiger partial charge is 0.493 e. The number of hydrogen-bond donors (Lipinski definition) is 1. The van der Waals surface area contributed by atoms with E-state index in [1.165, 1.54) is 14.2 Å². The molecule has 0 saturated carbocycles. The zero-order valence-corrected chi connectivity index (χ0v) is 19.3. The summed E-state index contributed by atoms with van der Waals surface area (Å²) >= 11 is 0. The van der Waals surface area contributed by atoms with Gasteiger partial charge in [-0.1, -0.05) is 13.8 Å². The number of amides is 2. The quantitative estimate of drug-likeness (QED) is 0.702. The summed E-state index contributed by atoms with van der Waals surface area (Å²) in [6.07, 6.45) is 0. The lowest BCUT2D eigenvalue weighted by atomic mass is 10.2. The van der Waals surface area contributed by atoms with Crippen LogP contribution in [0.15, 0.2) is 24.3 Å². The Morgan fingerprint density at radius 2 is 1.72 bits per heavy atom. The molecular formula is C23H31N5O4. The SMILES string of the molecule is COc1ccc(C(=O)NCC(=O)N2CCN(c3cc(C)nc(C(C)C)n3)CC2)cc1OC. The van der Waals surface area contributed by atoms with Gasteiger partial charge in [0, 0.05) is 49.4 Å². The van der Waals surface area contributed by atoms with Crippen molar-refractivity contribution in [1.29, 1.82) is 0 Å². The average molecular weight is 442 g/mol. The number of rotatable bonds is 7. The molecule has 1 saturated heterocycles. The molecule has 1 aliphatic rings. The maximum Gasteiger partial charge on any atom is 0.251 e. The lowest BCUT2D eigenvalue weighted by molar-refractivity contribution is -0.130. The molecule has 0 aliphatic carbocycles. The number of carbonyl (C=O) groups is 2. The zero-order chi connectivity index (χ0) is 23.3. The summed E-state index contributed by atoms with van der Waals surface area (Å²) in [6.45, 7) is 8.58. The number of aromatic nitrogens is 2. The minimum Gasteiger partial charge on any atom is -0.493 e. The fraction of sp³-hybridized carbons (Fsp3) is 0.478. The molecule has 0 unspecified atom stereocenters. The van der Waals surface area contributed by atoms with E-state index < -0.39 is 0 Å². The van der Waals surface area contributed by atoms with Gasteiger partial charge in [-0.3, -0.25) is 9.59 Å². The first-order chi connectivity index (χ1) is 15.3. The highest BCUT2D eigenvalue weighted by Gasteiger charge is 2.23. The summed E-state index contributed by atoms with van der Waals surface area (Å²) < 4.78 is 10.4. The molecule has 9 heteroatoms. The fourth-order valence-corrected chi connectivity index (χ4v) is 3.53. The number of methoxy groups -OCH3 is 2. The number of nitrogens with zero attached hydrogens (tertiary/aromatic N) is 4. The standard InChI is InChI=1S/C23H31N5O4/c1-15(2)22-25-16(3)12-20(26-22)27-8-10-28(11-9-27)21(29)14-24-23(30)17-6-7-18(31-4)19(13-17)32-5/h6-7,12-13,15H,8-11,14H2,1-5H3,(H,24,30). The first-order valence-corrected chi connectivity index (χ1v) is 10.7. The lowest BCUT2D eigenvalue weighted by Gasteiger charge is -2.35. The first kappa shape index (κ1) is 23.3. The maximum absolute atomic E-state index is 12.6. The number of hydrogen-bond acceptors (Lipinski definition) is 7. The van der Waals surface area contributed by atoms with Crippen LogP contribution in [0.4, 0.5) is 5.82 Å². The van der Waals surface area contributed by atoms with Crippen molar-refractivity contribution >= 4 is 17.6 Å². The summed E-state index contributed by atoms with van der Waals surface area (Å²) in [7, 11) is 3.04. The molecule has 1 aromatic heterocycles. The lowest BCUT2D eigenvalue weighted by Crippen LogP contribution is -2.51. The van der Waals surface area contributed by atoms with Gasteiger partial charge in [0.05, 0.1) is 20.8 Å². The molecule has 1 aromatic carbocycles. The molecule has 3 rings (SSSR count). The van der Waals surface area contributed by atoms with Crippen LogP contribution in [0.25, 0.3) is 0 Å². The van der Waals surface area contributed by atoms with Gasteiger partial charge in [-0.2, -0.15) is 0 Å². The molecular weight excluding hydrogens is 410 g/mol. The zero-order valence-electron chi connectivity index (χ0n) is 19.3. The van der Waals surface area contributed by atoms with Gasteiger partial charge in [-0.15, -0.1) is 0 Å². The molecule has 1 aliphatic heterocycles. The van der Waals surface area contributed by atoms with Crippen LogP contribution in [0.1, 0.15) is 41.6 Å². The van der Waals surface area contributed by atoms with E-state index in [4.69, 9.17) is 9.47 Å². The third kappa shape index (κ3) is 5.46. The smallest absolute Gasteiger partial charge is 0.251 e. The highest BCUT2D eigenvalue weighted by molar-refractivity contribution is 5.97. The molecule has 32 heavy (non-hydrogen) atoms. The van der Waals surface area contributed by atoms with Gasteiger partial charge in [-0.05, 0) is 25.1 Å². The number of benzene rings is 1. The van der Waals surface area contributed by atoms with Crippen LogP contribution in [0.5, 0.6) is 11.5 Å². The Morgan fingerprint density at radius 1 is 1.03 bits per heavy atom.